The van der Waals surface area contributed by atoms with Gasteiger partial charge < -0.3 is 9.84 Å². The molecule has 0 spiro atoms. The van der Waals surface area contributed by atoms with E-state index in [1.807, 2.05) is 22.2 Å². The Morgan fingerprint density at radius 2 is 2.48 bits per heavy atom. The Kier molecular flexibility index (Phi) is 3.24. The van der Waals surface area contributed by atoms with Crippen LogP contribution in [-0.2, 0) is 19.5 Å². The van der Waals surface area contributed by atoms with Crippen LogP contribution < -0.4 is 5.32 Å². The molecule has 108 valence electrons. The number of hydrogen-bond acceptors (Lipinski definition) is 7. The van der Waals surface area contributed by atoms with Crippen LogP contribution in [0.3, 0.4) is 0 Å². The lowest BCUT2D eigenvalue weighted by molar-refractivity contribution is 0.320. The van der Waals surface area contributed by atoms with Gasteiger partial charge in [0.05, 0.1) is 18.0 Å². The summed E-state index contributed by atoms with van der Waals surface area (Å²) < 4.78 is 7.23. The van der Waals surface area contributed by atoms with Crippen molar-refractivity contribution < 1.29 is 4.52 Å². The van der Waals surface area contributed by atoms with Crippen LogP contribution in [0.1, 0.15) is 18.1 Å². The third-order valence-electron chi connectivity index (χ3n) is 3.56. The minimum atomic E-state index is 0.358. The molecule has 7 nitrogen and oxygen atoms in total. The molecule has 0 aromatic carbocycles. The molecule has 0 saturated carbocycles. The van der Waals surface area contributed by atoms with Gasteiger partial charge in [0.1, 0.15) is 12.2 Å². The molecule has 1 aliphatic rings. The number of hydrogen-bond donors (Lipinski definition) is 1. The molecule has 8 heteroatoms. The van der Waals surface area contributed by atoms with Crippen LogP contribution in [0, 0.1) is 0 Å². The zero-order valence-corrected chi connectivity index (χ0v) is 12.1. The highest BCUT2D eigenvalue weighted by Gasteiger charge is 2.20. The third kappa shape index (κ3) is 2.59. The van der Waals surface area contributed by atoms with Crippen molar-refractivity contribution in [3.63, 3.8) is 0 Å². The average Bonchev–Trinajstić information content (AvgIpc) is 3.24. The lowest BCUT2D eigenvalue weighted by Gasteiger charge is -2.22. The Hall–Kier alpha value is -2.06. The van der Waals surface area contributed by atoms with Gasteiger partial charge in [-0.25, -0.2) is 9.67 Å². The highest BCUT2D eigenvalue weighted by Crippen LogP contribution is 2.21. The van der Waals surface area contributed by atoms with E-state index in [-0.39, 0.29) is 0 Å². The van der Waals surface area contributed by atoms with Gasteiger partial charge in [-0.15, -0.1) is 11.3 Å². The quantitative estimate of drug-likeness (QED) is 0.786. The van der Waals surface area contributed by atoms with Gasteiger partial charge in [-0.1, -0.05) is 11.2 Å². The van der Waals surface area contributed by atoms with Gasteiger partial charge in [-0.05, 0) is 17.9 Å². The number of fused-ring (bicyclic) bond motifs is 1. The molecule has 1 N–H and O–H groups in total. The van der Waals surface area contributed by atoms with Crippen molar-refractivity contribution in [3.8, 4) is 10.7 Å². The molecule has 0 bridgehead atoms. The first kappa shape index (κ1) is 12.7. The predicted octanol–water partition coefficient (Wildman–Crippen LogP) is 1.49. The first-order valence-corrected chi connectivity index (χ1v) is 7.73. The van der Waals surface area contributed by atoms with Crippen LogP contribution in [0.5, 0.6) is 0 Å². The molecule has 0 amide bonds. The van der Waals surface area contributed by atoms with Gasteiger partial charge in [0.15, 0.2) is 0 Å². The fourth-order valence-electron chi connectivity index (χ4n) is 2.47. The molecule has 4 heterocycles. The second kappa shape index (κ2) is 5.38. The fourth-order valence-corrected chi connectivity index (χ4v) is 3.12. The zero-order chi connectivity index (χ0) is 14.1. The van der Waals surface area contributed by atoms with Gasteiger partial charge in [-0.2, -0.15) is 10.1 Å². The van der Waals surface area contributed by atoms with Crippen molar-refractivity contribution in [3.05, 3.63) is 35.6 Å². The maximum Gasteiger partial charge on any atom is 0.240 e. The monoisotopic (exact) mass is 302 g/mol. The Bertz CT molecular complexity index is 719. The summed E-state index contributed by atoms with van der Waals surface area (Å²) in [5.41, 5.74) is 0. The molecule has 1 atom stereocenters. The highest BCUT2D eigenvalue weighted by molar-refractivity contribution is 7.13. The van der Waals surface area contributed by atoms with Gasteiger partial charge in [0.25, 0.3) is 0 Å². The largest absolute Gasteiger partial charge is 0.338 e. The molecular weight excluding hydrogens is 288 g/mol. The van der Waals surface area contributed by atoms with E-state index in [1.165, 1.54) is 0 Å². The first-order chi connectivity index (χ1) is 10.4. The Balaban J connectivity index is 1.37. The smallest absolute Gasteiger partial charge is 0.240 e. The first-order valence-electron chi connectivity index (χ1n) is 6.85. The number of nitrogens with zero attached hydrogens (tertiary/aromatic N) is 5. The molecule has 3 aromatic rings. The van der Waals surface area contributed by atoms with Crippen molar-refractivity contribution in [2.75, 3.05) is 0 Å². The maximum absolute atomic E-state index is 5.28. The minimum Gasteiger partial charge on any atom is -0.338 e. The zero-order valence-electron chi connectivity index (χ0n) is 11.3. The Labute approximate surface area is 125 Å². The van der Waals surface area contributed by atoms with E-state index in [4.69, 9.17) is 4.52 Å². The van der Waals surface area contributed by atoms with Gasteiger partial charge in [0, 0.05) is 12.5 Å². The van der Waals surface area contributed by atoms with Crippen LogP contribution in [0.2, 0.25) is 0 Å². The van der Waals surface area contributed by atoms with E-state index in [9.17, 15) is 0 Å². The molecule has 1 aliphatic heterocycles. The number of nitrogens with one attached hydrogen (secondary N) is 1. The molecule has 0 radical (unpaired) electrons. The van der Waals surface area contributed by atoms with Crippen LogP contribution in [0.25, 0.3) is 10.7 Å². The summed E-state index contributed by atoms with van der Waals surface area (Å²) in [7, 11) is 0. The SMILES string of the molecule is c1csc(-c2noc(CN[C@@H]3CCc4ncnn4C3)n2)c1. The van der Waals surface area contributed by atoms with Crippen LogP contribution in [-0.4, -0.2) is 30.9 Å². The van der Waals surface area contributed by atoms with Gasteiger partial charge in [-0.3, -0.25) is 0 Å². The molecule has 3 aromatic heterocycles. The number of thiophene rings is 1. The van der Waals surface area contributed by atoms with Crippen molar-refractivity contribution in [2.24, 2.45) is 0 Å². The lowest BCUT2D eigenvalue weighted by Crippen LogP contribution is -2.37. The Morgan fingerprint density at radius 3 is 3.38 bits per heavy atom. The summed E-state index contributed by atoms with van der Waals surface area (Å²) in [6, 6.07) is 4.32. The lowest BCUT2D eigenvalue weighted by atomic mass is 10.1. The van der Waals surface area contributed by atoms with Gasteiger partial charge >= 0.3 is 0 Å². The summed E-state index contributed by atoms with van der Waals surface area (Å²) in [4.78, 5) is 9.66. The number of aryl methyl sites for hydroxylation is 1. The molecule has 0 unspecified atom stereocenters. The van der Waals surface area contributed by atoms with E-state index < -0.39 is 0 Å². The molecule has 21 heavy (non-hydrogen) atoms. The fraction of sp³-hybridized carbons (Fsp3) is 0.385. The normalized spacial score (nSPS) is 17.8. The van der Waals surface area contributed by atoms with E-state index in [0.29, 0.717) is 24.3 Å². The third-order valence-corrected chi connectivity index (χ3v) is 4.42. The molecule has 0 aliphatic carbocycles. The van der Waals surface area contributed by atoms with Gasteiger partial charge in [0.2, 0.25) is 11.7 Å². The van der Waals surface area contributed by atoms with Crippen LogP contribution in [0.15, 0.2) is 28.4 Å². The standard InChI is InChI=1S/C13H14N6OS/c1-2-10(21-5-1)13-17-12(20-18-13)6-14-9-3-4-11-15-8-16-19(11)7-9/h1-2,5,8-9,14H,3-4,6-7H2/t9-/m1/s1. The molecule has 0 fully saturated rings. The topological polar surface area (TPSA) is 81.7 Å². The summed E-state index contributed by atoms with van der Waals surface area (Å²) in [5, 5.41) is 13.7. The summed E-state index contributed by atoms with van der Waals surface area (Å²) >= 11 is 1.60. The van der Waals surface area contributed by atoms with Crippen molar-refractivity contribution in [2.45, 2.75) is 32.0 Å². The molecular formula is C13H14N6OS. The second-order valence-electron chi connectivity index (χ2n) is 4.96. The van der Waals surface area contributed by atoms with E-state index in [2.05, 4.69) is 25.5 Å². The average molecular weight is 302 g/mol. The maximum atomic E-state index is 5.28. The molecule has 0 saturated heterocycles. The van der Waals surface area contributed by atoms with Crippen molar-refractivity contribution in [1.82, 2.24) is 30.2 Å². The van der Waals surface area contributed by atoms with Crippen LogP contribution in [0.4, 0.5) is 0 Å². The number of rotatable bonds is 4. The summed E-state index contributed by atoms with van der Waals surface area (Å²) in [5.74, 6) is 2.33. The highest BCUT2D eigenvalue weighted by atomic mass is 32.1. The van der Waals surface area contributed by atoms with E-state index in [0.717, 1.165) is 30.1 Å². The summed E-state index contributed by atoms with van der Waals surface area (Å²) in [6.07, 6.45) is 3.61. The van der Waals surface area contributed by atoms with Crippen LogP contribution >= 0.6 is 11.3 Å². The number of aromatic nitrogens is 5. The molecule has 4 rings (SSSR count). The second-order valence-corrected chi connectivity index (χ2v) is 5.91. The minimum absolute atomic E-state index is 0.358. The van der Waals surface area contributed by atoms with E-state index >= 15 is 0 Å². The van der Waals surface area contributed by atoms with Crippen molar-refractivity contribution in [1.29, 1.82) is 0 Å². The van der Waals surface area contributed by atoms with E-state index in [1.54, 1.807) is 17.7 Å². The Morgan fingerprint density at radius 1 is 1.48 bits per heavy atom. The van der Waals surface area contributed by atoms with Crippen molar-refractivity contribution >= 4 is 11.3 Å². The summed E-state index contributed by atoms with van der Waals surface area (Å²) in [6.45, 7) is 1.41. The predicted molar refractivity (Wildman–Crippen MR) is 76.6 cm³/mol.